The van der Waals surface area contributed by atoms with E-state index in [1.807, 2.05) is 0 Å². The van der Waals surface area contributed by atoms with Gasteiger partial charge in [-0.25, -0.2) is 0 Å². The normalized spacial score (nSPS) is 1.50. The van der Waals surface area contributed by atoms with E-state index in [0.717, 1.165) is 0 Å². The van der Waals surface area contributed by atoms with Crippen molar-refractivity contribution in [3.05, 3.63) is 0 Å². The summed E-state index contributed by atoms with van der Waals surface area (Å²) in [6.45, 7) is 0. The Balaban J connectivity index is -0.00000000500. The zero-order valence-corrected chi connectivity index (χ0v) is 4.60. The molecule has 0 saturated carbocycles. The highest BCUT2D eigenvalue weighted by Crippen LogP contribution is 0.886. The highest BCUT2D eigenvalue weighted by atomic mass is 127. The molecule has 30 valence electrons. The first-order valence-corrected chi connectivity index (χ1v) is 0.333. The lowest BCUT2D eigenvalue weighted by atomic mass is 13.0. The number of nitrogens with two attached hydrogens (primary N) is 2. The zero-order chi connectivity index (χ0) is 2.00. The average molecular weight is 177 g/mol. The molecule has 4 heteroatoms. The fourth-order valence-corrected chi connectivity index (χ4v) is 0. The first-order valence-electron chi connectivity index (χ1n) is 0.333. The monoisotopic (exact) mass is 177 g/mol. The summed E-state index contributed by atoms with van der Waals surface area (Å²) in [7, 11) is 0. The van der Waals surface area contributed by atoms with Gasteiger partial charge in [0, 0.05) is 0 Å². The van der Waals surface area contributed by atoms with E-state index >= 15 is 0 Å². The maximum atomic E-state index is 4.00. The Labute approximate surface area is 42.3 Å². The fraction of sp³-hybridized carbons (Fsp3) is 0. The van der Waals surface area contributed by atoms with Crippen LogP contribution in [0.3, 0.4) is 0 Å². The molecule has 0 unspecified atom stereocenters. The molecule has 7 N–H and O–H groups in total. The predicted octanol–water partition coefficient (Wildman–Crippen LogP) is -0.401. The van der Waals surface area contributed by atoms with Crippen molar-refractivity contribution in [1.29, 1.82) is 0 Å². The molecule has 0 bridgehead atoms. The van der Waals surface area contributed by atoms with Crippen LogP contribution in [0.5, 0.6) is 0 Å². The van der Waals surface area contributed by atoms with Crippen LogP contribution >= 0.6 is 24.0 Å². The van der Waals surface area contributed by atoms with Gasteiger partial charge in [0.25, 0.3) is 0 Å². The summed E-state index contributed by atoms with van der Waals surface area (Å²) in [5, 5.41) is 0. The van der Waals surface area contributed by atoms with Crippen LogP contribution in [0.1, 0.15) is 0 Å². The Hall–Kier alpha value is 0.610. The molecule has 0 aliphatic rings. The van der Waals surface area contributed by atoms with Gasteiger partial charge in [0.1, 0.15) is 0 Å². The molecule has 0 rings (SSSR count). The van der Waals surface area contributed by atoms with E-state index in [1.54, 1.807) is 0 Å². The van der Waals surface area contributed by atoms with E-state index in [-0.39, 0.29) is 30.1 Å². The van der Waals surface area contributed by atoms with Gasteiger partial charge >= 0.3 is 0 Å². The predicted molar refractivity (Wildman–Crippen MR) is 28.8 cm³/mol. The van der Waals surface area contributed by atoms with Crippen LogP contribution in [-0.4, -0.2) is 0 Å². The molecule has 0 fully saturated rings. The molecule has 0 aromatic heterocycles. The van der Waals surface area contributed by atoms with Crippen LogP contribution in [-0.2, 0) is 0 Å². The highest BCUT2D eigenvalue weighted by Gasteiger charge is 0.726. The number of rotatable bonds is 0. The van der Waals surface area contributed by atoms with Crippen molar-refractivity contribution < 1.29 is 0 Å². The number of hydrogen-bond donors (Lipinski definition) is 3. The van der Waals surface area contributed by atoms with Crippen molar-refractivity contribution in [2.24, 2.45) is 11.7 Å². The van der Waals surface area contributed by atoms with Crippen molar-refractivity contribution in [3.63, 3.8) is 0 Å². The third-order valence-electron chi connectivity index (χ3n) is 0. The first kappa shape index (κ1) is 23.2. The zero-order valence-electron chi connectivity index (χ0n) is 2.27. The van der Waals surface area contributed by atoms with Gasteiger partial charge in [0.15, 0.2) is 0 Å². The van der Waals surface area contributed by atoms with E-state index in [1.165, 1.54) is 0 Å². The average Bonchev–Trinajstić information content (AvgIpc) is 1.00. The summed E-state index contributed by atoms with van der Waals surface area (Å²) in [4.78, 5) is 0. The van der Waals surface area contributed by atoms with Gasteiger partial charge < -0.3 is 6.15 Å². The standard InChI is InChI=1S/HI.H4N2.H3N/c;1-2;/h1H;1-2H2;1H3. The summed E-state index contributed by atoms with van der Waals surface area (Å²) < 4.78 is 0. The molecule has 0 aliphatic carbocycles. The molecule has 0 radical (unpaired) electrons. The number of hydrazine groups is 1. The van der Waals surface area contributed by atoms with Crippen molar-refractivity contribution in [3.8, 4) is 0 Å². The van der Waals surface area contributed by atoms with Crippen LogP contribution in [0, 0.1) is 0 Å². The quantitative estimate of drug-likeness (QED) is 0.267. The minimum Gasteiger partial charge on any atom is -0.344 e. The lowest BCUT2D eigenvalue weighted by molar-refractivity contribution is 1.26. The molecule has 0 spiro atoms. The van der Waals surface area contributed by atoms with Gasteiger partial charge in [0.05, 0.1) is 0 Å². The number of halogens is 1. The minimum atomic E-state index is 0. The molecule has 0 amide bonds. The fourth-order valence-electron chi connectivity index (χ4n) is 0. The summed E-state index contributed by atoms with van der Waals surface area (Å²) in [5.41, 5.74) is 0. The van der Waals surface area contributed by atoms with Crippen LogP contribution in [0.25, 0.3) is 0 Å². The maximum Gasteiger partial charge on any atom is -0.107 e. The largest absolute Gasteiger partial charge is 0.344 e. The Morgan fingerprint density at radius 2 is 1.00 bits per heavy atom. The third-order valence-corrected chi connectivity index (χ3v) is 0. The van der Waals surface area contributed by atoms with Gasteiger partial charge in [-0.3, -0.25) is 11.7 Å². The second kappa shape index (κ2) is 66.1. The summed E-state index contributed by atoms with van der Waals surface area (Å²) in [5.74, 6) is 8.00. The van der Waals surface area contributed by atoms with Crippen LogP contribution in [0.15, 0.2) is 0 Å². The van der Waals surface area contributed by atoms with Gasteiger partial charge in [-0.05, 0) is 0 Å². The Kier molecular flexibility index (Phi) is 383. The molecule has 0 aromatic carbocycles. The number of hydrogen-bond acceptors (Lipinski definition) is 3. The molecule has 0 aromatic rings. The molecule has 4 heavy (non-hydrogen) atoms. The summed E-state index contributed by atoms with van der Waals surface area (Å²) in [6.07, 6.45) is 0. The van der Waals surface area contributed by atoms with Gasteiger partial charge in [-0.15, -0.1) is 24.0 Å². The lowest BCUT2D eigenvalue weighted by Gasteiger charge is -1.27. The van der Waals surface area contributed by atoms with E-state index in [0.29, 0.717) is 0 Å². The van der Waals surface area contributed by atoms with Gasteiger partial charge in [-0.2, -0.15) is 0 Å². The van der Waals surface area contributed by atoms with Crippen molar-refractivity contribution in [2.75, 3.05) is 0 Å². The van der Waals surface area contributed by atoms with Crippen molar-refractivity contribution in [2.45, 2.75) is 0 Å². The second-order valence-corrected chi connectivity index (χ2v) is 0. The third kappa shape index (κ3) is 18.2. The van der Waals surface area contributed by atoms with Crippen LogP contribution < -0.4 is 17.8 Å². The minimum absolute atomic E-state index is 0. The molecular weight excluding hydrogens is 169 g/mol. The van der Waals surface area contributed by atoms with Crippen molar-refractivity contribution in [1.82, 2.24) is 6.15 Å². The summed E-state index contributed by atoms with van der Waals surface area (Å²) in [6, 6.07) is 0. The molecule has 0 aliphatic heterocycles. The molecule has 0 atom stereocenters. The summed E-state index contributed by atoms with van der Waals surface area (Å²) >= 11 is 0. The van der Waals surface area contributed by atoms with Gasteiger partial charge in [-0.1, -0.05) is 0 Å². The lowest BCUT2D eigenvalue weighted by Crippen LogP contribution is -2.02. The van der Waals surface area contributed by atoms with Gasteiger partial charge in [0.2, 0.25) is 0 Å². The maximum absolute atomic E-state index is 4.00. The van der Waals surface area contributed by atoms with Crippen LogP contribution in [0.4, 0.5) is 0 Å². The van der Waals surface area contributed by atoms with E-state index in [4.69, 9.17) is 0 Å². The smallest absolute Gasteiger partial charge is 0.107 e. The highest BCUT2D eigenvalue weighted by molar-refractivity contribution is 14.0. The molecule has 3 nitrogen and oxygen atoms in total. The Bertz CT molecular complexity index is 3.25. The Morgan fingerprint density at radius 1 is 1.00 bits per heavy atom. The SMILES string of the molecule is I.N.NN. The first-order chi connectivity index (χ1) is 1.00. The van der Waals surface area contributed by atoms with Crippen LogP contribution in [0.2, 0.25) is 0 Å². The van der Waals surface area contributed by atoms with Crippen molar-refractivity contribution >= 4 is 24.0 Å². The molecule has 0 heterocycles. The Morgan fingerprint density at radius 3 is 1.00 bits per heavy atom. The van der Waals surface area contributed by atoms with E-state index in [9.17, 15) is 0 Å². The topological polar surface area (TPSA) is 87.0 Å². The molecular formula is H8IN3. The van der Waals surface area contributed by atoms with E-state index in [2.05, 4.69) is 11.7 Å². The second-order valence-electron chi connectivity index (χ2n) is 0. The molecule has 0 saturated heterocycles. The van der Waals surface area contributed by atoms with E-state index < -0.39 is 0 Å².